The standard InChI is InChI=1S/C16H22N6O/c1-12-4-3-5-13(2)22(12)16(23)10-17-14-6-8-15(9-7-14)21-11-18-19-20-21/h6-9,11-13,17H,3-5,10H2,1-2H3/t12-,13+. The molecule has 0 spiro atoms. The van der Waals surface area contributed by atoms with Gasteiger partial charge in [-0.05, 0) is 67.8 Å². The molecular weight excluding hydrogens is 292 g/mol. The number of hydrogen-bond donors (Lipinski definition) is 1. The van der Waals surface area contributed by atoms with Gasteiger partial charge in [-0.25, -0.2) is 4.68 Å². The van der Waals surface area contributed by atoms with Gasteiger partial charge in [0.1, 0.15) is 6.33 Å². The van der Waals surface area contributed by atoms with Crippen molar-refractivity contribution in [3.8, 4) is 5.69 Å². The number of tetrazole rings is 1. The van der Waals surface area contributed by atoms with Crippen molar-refractivity contribution in [3.05, 3.63) is 30.6 Å². The quantitative estimate of drug-likeness (QED) is 0.932. The Bertz CT molecular complexity index is 629. The number of carbonyl (C=O) groups is 1. The zero-order chi connectivity index (χ0) is 16.2. The zero-order valence-electron chi connectivity index (χ0n) is 13.5. The smallest absolute Gasteiger partial charge is 0.242 e. The molecule has 1 aliphatic rings. The van der Waals surface area contributed by atoms with Gasteiger partial charge in [-0.2, -0.15) is 0 Å². The topological polar surface area (TPSA) is 75.9 Å². The van der Waals surface area contributed by atoms with Crippen molar-refractivity contribution in [2.24, 2.45) is 0 Å². The lowest BCUT2D eigenvalue weighted by molar-refractivity contribution is -0.135. The molecule has 0 unspecified atom stereocenters. The van der Waals surface area contributed by atoms with Crippen LogP contribution in [0, 0.1) is 0 Å². The molecule has 1 N–H and O–H groups in total. The summed E-state index contributed by atoms with van der Waals surface area (Å²) in [7, 11) is 0. The number of carbonyl (C=O) groups excluding carboxylic acids is 1. The largest absolute Gasteiger partial charge is 0.376 e. The summed E-state index contributed by atoms with van der Waals surface area (Å²) >= 11 is 0. The van der Waals surface area contributed by atoms with Gasteiger partial charge < -0.3 is 10.2 Å². The number of nitrogens with zero attached hydrogens (tertiary/aromatic N) is 5. The first-order valence-corrected chi connectivity index (χ1v) is 8.03. The van der Waals surface area contributed by atoms with Crippen molar-refractivity contribution in [1.29, 1.82) is 0 Å². The molecule has 23 heavy (non-hydrogen) atoms. The average molecular weight is 314 g/mol. The van der Waals surface area contributed by atoms with E-state index in [1.165, 1.54) is 6.42 Å². The number of hydrogen-bond acceptors (Lipinski definition) is 5. The van der Waals surface area contributed by atoms with Crippen LogP contribution in [0.2, 0.25) is 0 Å². The second-order valence-corrected chi connectivity index (χ2v) is 6.08. The van der Waals surface area contributed by atoms with Gasteiger partial charge in [-0.3, -0.25) is 4.79 Å². The Morgan fingerprint density at radius 1 is 1.22 bits per heavy atom. The van der Waals surface area contributed by atoms with Crippen molar-refractivity contribution in [1.82, 2.24) is 25.1 Å². The van der Waals surface area contributed by atoms with Crippen LogP contribution < -0.4 is 5.32 Å². The third kappa shape index (κ3) is 3.49. The lowest BCUT2D eigenvalue weighted by atomic mass is 9.97. The van der Waals surface area contributed by atoms with Crippen LogP contribution in [-0.2, 0) is 4.79 Å². The molecule has 0 aliphatic carbocycles. The summed E-state index contributed by atoms with van der Waals surface area (Å²) in [5.74, 6) is 0.161. The van der Waals surface area contributed by atoms with Gasteiger partial charge in [0.2, 0.25) is 5.91 Å². The van der Waals surface area contributed by atoms with E-state index in [0.29, 0.717) is 18.6 Å². The molecule has 7 heteroatoms. The van der Waals surface area contributed by atoms with Crippen molar-refractivity contribution in [2.45, 2.75) is 45.2 Å². The van der Waals surface area contributed by atoms with Gasteiger partial charge in [0.15, 0.2) is 0 Å². The number of aromatic nitrogens is 4. The molecular formula is C16H22N6O. The molecule has 2 atom stereocenters. The van der Waals surface area contributed by atoms with E-state index in [1.807, 2.05) is 29.2 Å². The van der Waals surface area contributed by atoms with Crippen molar-refractivity contribution in [3.63, 3.8) is 0 Å². The minimum Gasteiger partial charge on any atom is -0.376 e. The Morgan fingerprint density at radius 2 is 1.91 bits per heavy atom. The Morgan fingerprint density at radius 3 is 2.52 bits per heavy atom. The van der Waals surface area contributed by atoms with E-state index in [9.17, 15) is 4.79 Å². The van der Waals surface area contributed by atoms with E-state index < -0.39 is 0 Å². The fourth-order valence-corrected chi connectivity index (χ4v) is 3.19. The highest BCUT2D eigenvalue weighted by molar-refractivity contribution is 5.81. The number of nitrogens with one attached hydrogen (secondary N) is 1. The van der Waals surface area contributed by atoms with Crippen LogP contribution in [0.3, 0.4) is 0 Å². The maximum absolute atomic E-state index is 12.5. The molecule has 1 aromatic carbocycles. The molecule has 2 heterocycles. The third-order valence-corrected chi connectivity index (χ3v) is 4.41. The Kier molecular flexibility index (Phi) is 4.55. The number of anilines is 1. The van der Waals surface area contributed by atoms with Crippen molar-refractivity contribution >= 4 is 11.6 Å². The normalized spacial score (nSPS) is 21.2. The molecule has 1 saturated heterocycles. The summed E-state index contributed by atoms with van der Waals surface area (Å²) in [6, 6.07) is 8.33. The number of amides is 1. The minimum absolute atomic E-state index is 0.161. The van der Waals surface area contributed by atoms with Crippen LogP contribution in [-0.4, -0.2) is 49.6 Å². The molecule has 122 valence electrons. The Labute approximate surface area is 135 Å². The second kappa shape index (κ2) is 6.76. The summed E-state index contributed by atoms with van der Waals surface area (Å²) in [6.07, 6.45) is 4.94. The molecule has 1 aliphatic heterocycles. The van der Waals surface area contributed by atoms with Gasteiger partial charge in [0.25, 0.3) is 0 Å². The van der Waals surface area contributed by atoms with Gasteiger partial charge in [-0.1, -0.05) is 0 Å². The summed E-state index contributed by atoms with van der Waals surface area (Å²) in [5, 5.41) is 14.3. The van der Waals surface area contributed by atoms with Crippen LogP contribution in [0.15, 0.2) is 30.6 Å². The monoisotopic (exact) mass is 314 g/mol. The first-order valence-electron chi connectivity index (χ1n) is 8.03. The van der Waals surface area contributed by atoms with Crippen LogP contribution in [0.5, 0.6) is 0 Å². The predicted octanol–water partition coefficient (Wildman–Crippen LogP) is 1.86. The first-order chi connectivity index (χ1) is 11.1. The van der Waals surface area contributed by atoms with Crippen molar-refractivity contribution < 1.29 is 4.79 Å². The Hall–Kier alpha value is -2.44. The fraction of sp³-hybridized carbons (Fsp3) is 0.500. The number of likely N-dealkylation sites (tertiary alicyclic amines) is 1. The van der Waals surface area contributed by atoms with Gasteiger partial charge in [0.05, 0.1) is 12.2 Å². The van der Waals surface area contributed by atoms with Gasteiger partial charge in [0, 0.05) is 17.8 Å². The maximum Gasteiger partial charge on any atom is 0.242 e. The zero-order valence-corrected chi connectivity index (χ0v) is 13.5. The molecule has 1 fully saturated rings. The number of benzene rings is 1. The summed E-state index contributed by atoms with van der Waals surface area (Å²) in [5.41, 5.74) is 1.79. The van der Waals surface area contributed by atoms with Crippen LogP contribution >= 0.6 is 0 Å². The van der Waals surface area contributed by atoms with Gasteiger partial charge >= 0.3 is 0 Å². The highest BCUT2D eigenvalue weighted by Gasteiger charge is 2.28. The predicted molar refractivity (Wildman–Crippen MR) is 87.3 cm³/mol. The lowest BCUT2D eigenvalue weighted by Crippen LogP contribution is -2.49. The Balaban J connectivity index is 1.58. The van der Waals surface area contributed by atoms with E-state index in [1.54, 1.807) is 11.0 Å². The maximum atomic E-state index is 12.5. The average Bonchev–Trinajstić information content (AvgIpc) is 3.08. The molecule has 7 nitrogen and oxygen atoms in total. The van der Waals surface area contributed by atoms with Crippen LogP contribution in [0.1, 0.15) is 33.1 Å². The highest BCUT2D eigenvalue weighted by Crippen LogP contribution is 2.22. The van der Waals surface area contributed by atoms with E-state index in [2.05, 4.69) is 34.7 Å². The second-order valence-electron chi connectivity index (χ2n) is 6.08. The summed E-state index contributed by atoms with van der Waals surface area (Å²) in [6.45, 7) is 4.59. The van der Waals surface area contributed by atoms with E-state index >= 15 is 0 Å². The van der Waals surface area contributed by atoms with Crippen LogP contribution in [0.4, 0.5) is 5.69 Å². The molecule has 2 aromatic rings. The molecule has 1 amide bonds. The highest BCUT2D eigenvalue weighted by atomic mass is 16.2. The van der Waals surface area contributed by atoms with Crippen molar-refractivity contribution in [2.75, 3.05) is 11.9 Å². The van der Waals surface area contributed by atoms with Gasteiger partial charge in [-0.15, -0.1) is 5.10 Å². The molecule has 0 bridgehead atoms. The molecule has 1 aromatic heterocycles. The molecule has 0 saturated carbocycles. The number of rotatable bonds is 4. The third-order valence-electron chi connectivity index (χ3n) is 4.41. The molecule has 0 radical (unpaired) electrons. The number of piperidine rings is 1. The minimum atomic E-state index is 0.161. The fourth-order valence-electron chi connectivity index (χ4n) is 3.19. The SMILES string of the molecule is C[C@@H]1CCC[C@H](C)N1C(=O)CNc1ccc(-n2cnnn2)cc1. The van der Waals surface area contributed by atoms with E-state index in [4.69, 9.17) is 0 Å². The van der Waals surface area contributed by atoms with E-state index in [0.717, 1.165) is 24.2 Å². The molecule has 3 rings (SSSR count). The van der Waals surface area contributed by atoms with Crippen LogP contribution in [0.25, 0.3) is 5.69 Å². The lowest BCUT2D eigenvalue weighted by Gasteiger charge is -2.39. The first kappa shape index (κ1) is 15.5. The summed E-state index contributed by atoms with van der Waals surface area (Å²) in [4.78, 5) is 14.5. The summed E-state index contributed by atoms with van der Waals surface area (Å²) < 4.78 is 1.59. The van der Waals surface area contributed by atoms with E-state index in [-0.39, 0.29) is 5.91 Å².